The Kier molecular flexibility index (Phi) is 9.85. The van der Waals surface area contributed by atoms with Crippen molar-refractivity contribution in [3.63, 3.8) is 0 Å². The van der Waals surface area contributed by atoms with Crippen LogP contribution in [-0.2, 0) is 6.42 Å². The number of hydrogen-bond donors (Lipinski definition) is 0. The van der Waals surface area contributed by atoms with Crippen molar-refractivity contribution in [2.75, 3.05) is 0 Å². The first kappa shape index (κ1) is 29.4. The normalized spacial score (nSPS) is 21.3. The molecular formula is C38H43F3. The van der Waals surface area contributed by atoms with Crippen molar-refractivity contribution in [1.82, 2.24) is 0 Å². The van der Waals surface area contributed by atoms with Crippen molar-refractivity contribution in [2.45, 2.75) is 84.5 Å². The van der Waals surface area contributed by atoms with Gasteiger partial charge in [-0.3, -0.25) is 0 Å². The Balaban J connectivity index is 1.24. The number of hydrogen-bond acceptors (Lipinski definition) is 0. The second kappa shape index (κ2) is 13.7. The minimum Gasteiger partial charge on any atom is -0.206 e. The summed E-state index contributed by atoms with van der Waals surface area (Å²) in [7, 11) is 0. The van der Waals surface area contributed by atoms with E-state index in [2.05, 4.69) is 32.1 Å². The van der Waals surface area contributed by atoms with Crippen LogP contribution in [0.2, 0.25) is 0 Å². The first-order valence-electron chi connectivity index (χ1n) is 15.7. The highest BCUT2D eigenvalue weighted by Crippen LogP contribution is 2.42. The Hall–Kier alpha value is -3.07. The van der Waals surface area contributed by atoms with Crippen LogP contribution in [0.1, 0.15) is 89.2 Å². The number of aryl methyl sites for hydroxylation is 1. The smallest absolute Gasteiger partial charge is 0.166 e. The van der Waals surface area contributed by atoms with E-state index in [1.54, 1.807) is 42.5 Å². The van der Waals surface area contributed by atoms with E-state index in [1.165, 1.54) is 37.7 Å². The van der Waals surface area contributed by atoms with Crippen molar-refractivity contribution in [2.24, 2.45) is 17.8 Å². The highest BCUT2D eigenvalue weighted by Gasteiger charge is 2.28. The van der Waals surface area contributed by atoms with Crippen LogP contribution in [-0.4, -0.2) is 0 Å². The second-order valence-electron chi connectivity index (χ2n) is 12.1. The largest absolute Gasteiger partial charge is 0.206 e. The van der Waals surface area contributed by atoms with E-state index in [9.17, 15) is 8.78 Å². The van der Waals surface area contributed by atoms with Crippen LogP contribution in [0.25, 0.3) is 27.8 Å². The standard InChI is InChI=1S/C38H43F3/c1-3-5-6-8-32-21-24-35(38(41)37(32)40)31-19-17-30(18-20-31)34-23-22-33(25-36(34)39)29-15-13-28(14-16-29)27-11-9-26(7-4-2)10-12-27/h4,7,15,17-28H,3,5-6,8-14,16H2,1-2H3. The fourth-order valence-corrected chi connectivity index (χ4v) is 6.98. The highest BCUT2D eigenvalue weighted by atomic mass is 19.2. The molecule has 0 saturated heterocycles. The Morgan fingerprint density at radius 1 is 0.732 bits per heavy atom. The van der Waals surface area contributed by atoms with Crippen molar-refractivity contribution >= 4 is 5.57 Å². The SMILES string of the molecule is CC=CC1CCC(C2CC=C(c3ccc(-c4ccc(-c5ccc(CCCCC)c(F)c5F)cc4)c(F)c3)CC2)CC1. The number of allylic oxidation sites excluding steroid dienone is 4. The molecule has 216 valence electrons. The van der Waals surface area contributed by atoms with Crippen molar-refractivity contribution in [3.8, 4) is 22.3 Å². The van der Waals surface area contributed by atoms with Crippen LogP contribution < -0.4 is 0 Å². The lowest BCUT2D eigenvalue weighted by molar-refractivity contribution is 0.212. The molecule has 3 aromatic rings. The molecule has 1 saturated carbocycles. The number of halogens is 3. The summed E-state index contributed by atoms with van der Waals surface area (Å²) in [6, 6.07) is 15.9. The van der Waals surface area contributed by atoms with Gasteiger partial charge in [-0.05, 0) is 116 Å². The van der Waals surface area contributed by atoms with E-state index in [0.29, 0.717) is 23.1 Å². The Morgan fingerprint density at radius 2 is 1.41 bits per heavy atom. The van der Waals surface area contributed by atoms with E-state index in [1.807, 2.05) is 12.1 Å². The molecule has 3 heteroatoms. The maximum atomic E-state index is 15.3. The van der Waals surface area contributed by atoms with Gasteiger partial charge < -0.3 is 0 Å². The molecule has 1 unspecified atom stereocenters. The van der Waals surface area contributed by atoms with Gasteiger partial charge in [-0.2, -0.15) is 0 Å². The Morgan fingerprint density at radius 3 is 2.05 bits per heavy atom. The van der Waals surface area contributed by atoms with E-state index in [4.69, 9.17) is 0 Å². The molecule has 0 N–H and O–H groups in total. The molecule has 5 rings (SSSR count). The molecule has 0 aromatic heterocycles. The van der Waals surface area contributed by atoms with Gasteiger partial charge in [0.25, 0.3) is 0 Å². The zero-order valence-electron chi connectivity index (χ0n) is 24.6. The second-order valence-corrected chi connectivity index (χ2v) is 12.1. The quantitative estimate of drug-likeness (QED) is 0.182. The minimum atomic E-state index is -0.813. The van der Waals surface area contributed by atoms with Gasteiger partial charge >= 0.3 is 0 Å². The van der Waals surface area contributed by atoms with Gasteiger partial charge in [0.05, 0.1) is 0 Å². The Bertz CT molecular complexity index is 1370. The van der Waals surface area contributed by atoms with Gasteiger partial charge in [-0.1, -0.05) is 86.5 Å². The summed E-state index contributed by atoms with van der Waals surface area (Å²) in [4.78, 5) is 0. The predicted molar refractivity (Wildman–Crippen MR) is 166 cm³/mol. The molecule has 0 spiro atoms. The molecule has 0 nitrogen and oxygen atoms in total. The average molecular weight is 557 g/mol. The zero-order valence-corrected chi connectivity index (χ0v) is 24.6. The molecule has 1 fully saturated rings. The van der Waals surface area contributed by atoms with E-state index >= 15 is 4.39 Å². The highest BCUT2D eigenvalue weighted by molar-refractivity contribution is 5.74. The van der Waals surface area contributed by atoms with Crippen LogP contribution in [0.3, 0.4) is 0 Å². The van der Waals surface area contributed by atoms with Gasteiger partial charge in [0.1, 0.15) is 5.82 Å². The summed E-state index contributed by atoms with van der Waals surface area (Å²) < 4.78 is 44.9. The third kappa shape index (κ3) is 6.88. The monoisotopic (exact) mass is 556 g/mol. The molecule has 2 aliphatic rings. The molecule has 0 amide bonds. The van der Waals surface area contributed by atoms with Crippen molar-refractivity contribution in [3.05, 3.63) is 101 Å². The number of unbranched alkanes of at least 4 members (excludes halogenated alkanes) is 2. The maximum Gasteiger partial charge on any atom is 0.166 e. The third-order valence-corrected chi connectivity index (χ3v) is 9.46. The van der Waals surface area contributed by atoms with Gasteiger partial charge in [0, 0.05) is 11.1 Å². The number of rotatable bonds is 9. The van der Waals surface area contributed by atoms with Crippen molar-refractivity contribution in [1.29, 1.82) is 0 Å². The van der Waals surface area contributed by atoms with E-state index in [0.717, 1.165) is 61.0 Å². The van der Waals surface area contributed by atoms with Crippen LogP contribution in [0.4, 0.5) is 13.2 Å². The van der Waals surface area contributed by atoms with Crippen molar-refractivity contribution < 1.29 is 13.2 Å². The Labute approximate surface area is 244 Å². The summed E-state index contributed by atoms with van der Waals surface area (Å²) in [5.41, 5.74) is 4.70. The average Bonchev–Trinajstić information content (AvgIpc) is 3.00. The van der Waals surface area contributed by atoms with Crippen LogP contribution >= 0.6 is 0 Å². The predicted octanol–water partition coefficient (Wildman–Crippen LogP) is 11.7. The van der Waals surface area contributed by atoms with Crippen LogP contribution in [0.5, 0.6) is 0 Å². The lowest BCUT2D eigenvalue weighted by Crippen LogP contribution is -2.22. The lowest BCUT2D eigenvalue weighted by atomic mass is 9.71. The molecule has 1 atom stereocenters. The van der Waals surface area contributed by atoms with Gasteiger partial charge in [0.15, 0.2) is 11.6 Å². The lowest BCUT2D eigenvalue weighted by Gasteiger charge is -2.34. The van der Waals surface area contributed by atoms with Gasteiger partial charge in [-0.25, -0.2) is 13.2 Å². The molecule has 0 radical (unpaired) electrons. The van der Waals surface area contributed by atoms with E-state index in [-0.39, 0.29) is 11.4 Å². The summed E-state index contributed by atoms with van der Waals surface area (Å²) >= 11 is 0. The molecule has 3 aromatic carbocycles. The summed E-state index contributed by atoms with van der Waals surface area (Å²) in [6.07, 6.45) is 18.9. The molecule has 0 heterocycles. The molecule has 2 aliphatic carbocycles. The maximum absolute atomic E-state index is 15.3. The summed E-state index contributed by atoms with van der Waals surface area (Å²) in [6.45, 7) is 4.20. The number of benzene rings is 3. The summed E-state index contributed by atoms with van der Waals surface area (Å²) in [5.74, 6) is 0.512. The van der Waals surface area contributed by atoms with E-state index < -0.39 is 11.6 Å². The van der Waals surface area contributed by atoms with Gasteiger partial charge in [-0.15, -0.1) is 0 Å². The first-order valence-corrected chi connectivity index (χ1v) is 15.7. The topological polar surface area (TPSA) is 0 Å². The van der Waals surface area contributed by atoms with Gasteiger partial charge in [0.2, 0.25) is 0 Å². The molecule has 41 heavy (non-hydrogen) atoms. The first-order chi connectivity index (χ1) is 20.0. The van der Waals surface area contributed by atoms with Crippen LogP contribution in [0.15, 0.2) is 72.8 Å². The zero-order chi connectivity index (χ0) is 28.8. The van der Waals surface area contributed by atoms with Crippen LogP contribution in [0, 0.1) is 35.2 Å². The minimum absolute atomic E-state index is 0.234. The third-order valence-electron chi connectivity index (χ3n) is 9.46. The summed E-state index contributed by atoms with van der Waals surface area (Å²) in [5, 5.41) is 0. The fourth-order valence-electron chi connectivity index (χ4n) is 6.98. The molecular weight excluding hydrogens is 513 g/mol. The molecule has 0 aliphatic heterocycles. The fraction of sp³-hybridized carbons (Fsp3) is 0.421. The molecule has 0 bridgehead atoms.